The Kier molecular flexibility index (Phi) is 6.17. The van der Waals surface area contributed by atoms with Gasteiger partial charge in [-0.1, -0.05) is 30.3 Å². The normalized spacial score (nSPS) is 17.7. The third kappa shape index (κ3) is 4.52. The highest BCUT2D eigenvalue weighted by molar-refractivity contribution is 5.83. The summed E-state index contributed by atoms with van der Waals surface area (Å²) in [7, 11) is 1.66. The van der Waals surface area contributed by atoms with Gasteiger partial charge in [-0.3, -0.25) is 4.79 Å². The van der Waals surface area contributed by atoms with Gasteiger partial charge in [0.15, 0.2) is 0 Å². The molecule has 0 aromatic heterocycles. The summed E-state index contributed by atoms with van der Waals surface area (Å²) in [6.07, 6.45) is 1.94. The zero-order valence-electron chi connectivity index (χ0n) is 12.5. The molecular weight excluding hydrogens is 268 g/mol. The molecule has 1 atom stereocenters. The molecule has 1 amide bonds. The smallest absolute Gasteiger partial charge is 0.244 e. The van der Waals surface area contributed by atoms with Crippen molar-refractivity contribution in [2.24, 2.45) is 5.73 Å². The van der Waals surface area contributed by atoms with Gasteiger partial charge >= 0.3 is 0 Å². The molecule has 2 rings (SSSR count). The number of benzene rings is 1. The number of nitrogens with zero attached hydrogens (tertiary/aromatic N) is 1. The van der Waals surface area contributed by atoms with Crippen molar-refractivity contribution in [1.29, 1.82) is 0 Å². The molecule has 0 bridgehead atoms. The summed E-state index contributed by atoms with van der Waals surface area (Å²) in [6, 6.07) is 8.93. The Bertz CT molecular complexity index is 430. The number of amides is 1. The first-order valence-corrected chi connectivity index (χ1v) is 7.42. The van der Waals surface area contributed by atoms with Crippen LogP contribution in [0.1, 0.15) is 24.4 Å². The van der Waals surface area contributed by atoms with Crippen molar-refractivity contribution < 1.29 is 14.3 Å². The fourth-order valence-corrected chi connectivity index (χ4v) is 2.54. The van der Waals surface area contributed by atoms with Gasteiger partial charge in [-0.05, 0) is 18.4 Å². The second-order valence-corrected chi connectivity index (χ2v) is 5.28. The van der Waals surface area contributed by atoms with Gasteiger partial charge in [0.25, 0.3) is 0 Å². The van der Waals surface area contributed by atoms with Crippen LogP contribution in [0.5, 0.6) is 0 Å². The van der Waals surface area contributed by atoms with E-state index in [1.54, 1.807) is 7.11 Å². The molecule has 1 fully saturated rings. The van der Waals surface area contributed by atoms with E-state index in [4.69, 9.17) is 15.2 Å². The van der Waals surface area contributed by atoms with Gasteiger partial charge in [-0.15, -0.1) is 0 Å². The molecule has 5 heteroatoms. The maximum absolute atomic E-state index is 12.4. The van der Waals surface area contributed by atoms with Crippen LogP contribution in [0.15, 0.2) is 30.3 Å². The van der Waals surface area contributed by atoms with Crippen molar-refractivity contribution in [2.45, 2.75) is 25.0 Å². The highest BCUT2D eigenvalue weighted by Crippen LogP contribution is 2.18. The molecule has 0 unspecified atom stereocenters. The van der Waals surface area contributed by atoms with Crippen molar-refractivity contribution in [3.63, 3.8) is 0 Å². The van der Waals surface area contributed by atoms with E-state index in [9.17, 15) is 4.79 Å². The summed E-state index contributed by atoms with van der Waals surface area (Å²) in [5.74, 6) is -0.00320. The van der Waals surface area contributed by atoms with Crippen LogP contribution in [0, 0.1) is 0 Å². The van der Waals surface area contributed by atoms with E-state index in [-0.39, 0.29) is 12.0 Å². The zero-order chi connectivity index (χ0) is 15.1. The molecule has 1 heterocycles. The second kappa shape index (κ2) is 8.12. The number of hydrogen-bond donors (Lipinski definition) is 1. The van der Waals surface area contributed by atoms with Crippen LogP contribution in [0.2, 0.25) is 0 Å². The lowest BCUT2D eigenvalue weighted by molar-refractivity contribution is -0.135. The SMILES string of the molecule is COCCOC1CCN(C(=O)[C@@H](N)c2ccccc2)CC1. The predicted molar refractivity (Wildman–Crippen MR) is 80.8 cm³/mol. The van der Waals surface area contributed by atoms with Gasteiger partial charge in [0.2, 0.25) is 5.91 Å². The number of carbonyl (C=O) groups is 1. The van der Waals surface area contributed by atoms with Crippen LogP contribution in [0.25, 0.3) is 0 Å². The number of carbonyl (C=O) groups excluding carboxylic acids is 1. The minimum absolute atomic E-state index is 0.00320. The van der Waals surface area contributed by atoms with Crippen molar-refractivity contribution in [1.82, 2.24) is 4.90 Å². The van der Waals surface area contributed by atoms with Crippen molar-refractivity contribution >= 4 is 5.91 Å². The monoisotopic (exact) mass is 292 g/mol. The van der Waals surface area contributed by atoms with Crippen molar-refractivity contribution in [2.75, 3.05) is 33.4 Å². The molecule has 21 heavy (non-hydrogen) atoms. The largest absolute Gasteiger partial charge is 0.382 e. The highest BCUT2D eigenvalue weighted by atomic mass is 16.5. The van der Waals surface area contributed by atoms with Crippen LogP contribution in [0.3, 0.4) is 0 Å². The molecule has 1 saturated heterocycles. The van der Waals surface area contributed by atoms with E-state index < -0.39 is 6.04 Å². The van der Waals surface area contributed by atoms with E-state index in [0.29, 0.717) is 26.3 Å². The van der Waals surface area contributed by atoms with Crippen molar-refractivity contribution in [3.05, 3.63) is 35.9 Å². The van der Waals surface area contributed by atoms with Crippen LogP contribution in [-0.4, -0.2) is 50.3 Å². The van der Waals surface area contributed by atoms with Crippen LogP contribution in [-0.2, 0) is 14.3 Å². The number of rotatable bonds is 6. The van der Waals surface area contributed by atoms with Gasteiger partial charge in [0.05, 0.1) is 19.3 Å². The van der Waals surface area contributed by atoms with Crippen LogP contribution >= 0.6 is 0 Å². The van der Waals surface area contributed by atoms with E-state index >= 15 is 0 Å². The molecule has 1 aromatic carbocycles. The third-order valence-corrected chi connectivity index (χ3v) is 3.82. The molecule has 0 saturated carbocycles. The minimum Gasteiger partial charge on any atom is -0.382 e. The molecule has 116 valence electrons. The maximum Gasteiger partial charge on any atom is 0.244 e. The van der Waals surface area contributed by atoms with Gasteiger partial charge in [0, 0.05) is 20.2 Å². The lowest BCUT2D eigenvalue weighted by atomic mass is 10.0. The molecule has 0 spiro atoms. The third-order valence-electron chi connectivity index (χ3n) is 3.82. The number of likely N-dealkylation sites (tertiary alicyclic amines) is 1. The zero-order valence-corrected chi connectivity index (χ0v) is 12.5. The van der Waals surface area contributed by atoms with E-state index in [1.165, 1.54) is 0 Å². The minimum atomic E-state index is -0.572. The molecule has 1 aliphatic heterocycles. The molecule has 1 aromatic rings. The average Bonchev–Trinajstić information content (AvgIpc) is 2.55. The fourth-order valence-electron chi connectivity index (χ4n) is 2.54. The summed E-state index contributed by atoms with van der Waals surface area (Å²) in [4.78, 5) is 14.2. The molecule has 1 aliphatic rings. The number of hydrogen-bond acceptors (Lipinski definition) is 4. The molecule has 0 radical (unpaired) electrons. The standard InChI is InChI=1S/C16H24N2O3/c1-20-11-12-21-14-7-9-18(10-8-14)16(19)15(17)13-5-3-2-4-6-13/h2-6,14-15H,7-12,17H2,1H3/t15-/m0/s1. The summed E-state index contributed by atoms with van der Waals surface area (Å²) < 4.78 is 10.7. The topological polar surface area (TPSA) is 64.8 Å². The van der Waals surface area contributed by atoms with E-state index in [2.05, 4.69) is 0 Å². The van der Waals surface area contributed by atoms with Gasteiger partial charge in [-0.2, -0.15) is 0 Å². The van der Waals surface area contributed by atoms with Gasteiger partial charge in [0.1, 0.15) is 6.04 Å². The number of piperidine rings is 1. The first-order valence-electron chi connectivity index (χ1n) is 7.42. The van der Waals surface area contributed by atoms with Gasteiger partial charge < -0.3 is 20.1 Å². The second-order valence-electron chi connectivity index (χ2n) is 5.28. The number of nitrogens with two attached hydrogens (primary N) is 1. The first kappa shape index (κ1) is 15.9. The maximum atomic E-state index is 12.4. The summed E-state index contributed by atoms with van der Waals surface area (Å²) in [5, 5.41) is 0. The Balaban J connectivity index is 1.80. The molecule has 2 N–H and O–H groups in total. The van der Waals surface area contributed by atoms with Crippen LogP contribution in [0.4, 0.5) is 0 Å². The predicted octanol–water partition coefficient (Wildman–Crippen LogP) is 1.34. The summed E-state index contributed by atoms with van der Waals surface area (Å²) in [6.45, 7) is 2.63. The first-order chi connectivity index (χ1) is 10.2. The Morgan fingerprint density at radius 2 is 1.95 bits per heavy atom. The summed E-state index contributed by atoms with van der Waals surface area (Å²) >= 11 is 0. The summed E-state index contributed by atoms with van der Waals surface area (Å²) in [5.41, 5.74) is 6.93. The van der Waals surface area contributed by atoms with E-state index in [1.807, 2.05) is 35.2 Å². The Hall–Kier alpha value is -1.43. The Morgan fingerprint density at radius 1 is 1.29 bits per heavy atom. The highest BCUT2D eigenvalue weighted by Gasteiger charge is 2.27. The van der Waals surface area contributed by atoms with Crippen molar-refractivity contribution in [3.8, 4) is 0 Å². The lowest BCUT2D eigenvalue weighted by Crippen LogP contribution is -2.45. The van der Waals surface area contributed by atoms with Crippen LogP contribution < -0.4 is 5.73 Å². The van der Waals surface area contributed by atoms with Gasteiger partial charge in [-0.25, -0.2) is 0 Å². The fraction of sp³-hybridized carbons (Fsp3) is 0.562. The Labute approximate surface area is 126 Å². The Morgan fingerprint density at radius 3 is 2.57 bits per heavy atom. The average molecular weight is 292 g/mol. The number of ether oxygens (including phenoxy) is 2. The number of methoxy groups -OCH3 is 1. The van der Waals surface area contributed by atoms with E-state index in [0.717, 1.165) is 18.4 Å². The molecule has 0 aliphatic carbocycles. The molecular formula is C16H24N2O3. The quantitative estimate of drug-likeness (QED) is 0.804. The lowest BCUT2D eigenvalue weighted by Gasteiger charge is -2.33. The molecule has 5 nitrogen and oxygen atoms in total.